The number of nitrogens with zero attached hydrogens (tertiary/aromatic N) is 1. The van der Waals surface area contributed by atoms with Crippen LogP contribution in [0.1, 0.15) is 44.3 Å². The number of thiophene rings is 1. The first-order valence-corrected chi connectivity index (χ1v) is 9.49. The molecule has 3 rings (SSSR count). The van der Waals surface area contributed by atoms with E-state index < -0.39 is 0 Å². The van der Waals surface area contributed by atoms with E-state index >= 15 is 0 Å². The zero-order valence-electron chi connectivity index (χ0n) is 12.1. The third-order valence-electron chi connectivity index (χ3n) is 4.39. The summed E-state index contributed by atoms with van der Waals surface area (Å²) in [6.45, 7) is 3.03. The molecule has 2 heterocycles. The Balaban J connectivity index is 1.80. The third-order valence-corrected chi connectivity index (χ3v) is 6.49. The standard InChI is InChI=1S/C15H22N2OS2/c1-3-4-12-14(18)17(10-15(19-2)6-7-15)13(16-12)11-5-8-20-9-11/h5,8-9,12-13,16H,3-4,6-7,10H2,1-2H3. The van der Waals surface area contributed by atoms with E-state index in [4.69, 9.17) is 0 Å². The molecule has 3 nitrogen and oxygen atoms in total. The minimum absolute atomic E-state index is 0.00237. The van der Waals surface area contributed by atoms with Gasteiger partial charge in [0.15, 0.2) is 0 Å². The molecule has 5 heteroatoms. The predicted molar refractivity (Wildman–Crippen MR) is 86.1 cm³/mol. The summed E-state index contributed by atoms with van der Waals surface area (Å²) in [6, 6.07) is 2.14. The second-order valence-electron chi connectivity index (χ2n) is 5.82. The molecule has 1 aliphatic heterocycles. The Morgan fingerprint density at radius 1 is 1.55 bits per heavy atom. The maximum atomic E-state index is 12.7. The van der Waals surface area contributed by atoms with Crippen molar-refractivity contribution in [1.82, 2.24) is 10.2 Å². The van der Waals surface area contributed by atoms with Crippen LogP contribution in [0.4, 0.5) is 0 Å². The van der Waals surface area contributed by atoms with Crippen LogP contribution in [0, 0.1) is 0 Å². The monoisotopic (exact) mass is 310 g/mol. The molecule has 2 unspecified atom stereocenters. The van der Waals surface area contributed by atoms with Crippen LogP contribution in [0.3, 0.4) is 0 Å². The van der Waals surface area contributed by atoms with E-state index in [9.17, 15) is 4.79 Å². The zero-order valence-corrected chi connectivity index (χ0v) is 13.7. The number of amides is 1. The van der Waals surface area contributed by atoms with Crippen molar-refractivity contribution < 1.29 is 4.79 Å². The van der Waals surface area contributed by atoms with Crippen LogP contribution in [-0.4, -0.2) is 34.4 Å². The van der Waals surface area contributed by atoms with Gasteiger partial charge in [0.05, 0.1) is 6.04 Å². The van der Waals surface area contributed by atoms with E-state index in [2.05, 4.69) is 40.2 Å². The number of carbonyl (C=O) groups excluding carboxylic acids is 1. The Hall–Kier alpha value is -0.520. The van der Waals surface area contributed by atoms with Gasteiger partial charge in [0.2, 0.25) is 5.91 Å². The van der Waals surface area contributed by atoms with Crippen molar-refractivity contribution in [3.05, 3.63) is 22.4 Å². The minimum atomic E-state index is 0.00237. The van der Waals surface area contributed by atoms with Crippen molar-refractivity contribution in [3.63, 3.8) is 0 Å². The fourth-order valence-corrected chi connectivity index (χ4v) is 4.38. The first-order valence-electron chi connectivity index (χ1n) is 7.33. The van der Waals surface area contributed by atoms with E-state index in [1.807, 2.05) is 11.8 Å². The summed E-state index contributed by atoms with van der Waals surface area (Å²) in [4.78, 5) is 14.8. The van der Waals surface area contributed by atoms with Gasteiger partial charge in [-0.3, -0.25) is 10.1 Å². The van der Waals surface area contributed by atoms with Gasteiger partial charge in [-0.15, -0.1) is 0 Å². The molecular formula is C15H22N2OS2. The Morgan fingerprint density at radius 3 is 2.90 bits per heavy atom. The fraction of sp³-hybridized carbons (Fsp3) is 0.667. The van der Waals surface area contributed by atoms with Gasteiger partial charge in [0, 0.05) is 11.3 Å². The summed E-state index contributed by atoms with van der Waals surface area (Å²) < 4.78 is 0.326. The van der Waals surface area contributed by atoms with E-state index in [0.29, 0.717) is 10.7 Å². The molecule has 0 spiro atoms. The van der Waals surface area contributed by atoms with Crippen molar-refractivity contribution in [2.24, 2.45) is 0 Å². The van der Waals surface area contributed by atoms with E-state index in [1.54, 1.807) is 11.3 Å². The molecule has 2 aliphatic rings. The Kier molecular flexibility index (Phi) is 4.11. The summed E-state index contributed by atoms with van der Waals surface area (Å²) in [7, 11) is 0. The third kappa shape index (κ3) is 2.63. The summed E-state index contributed by atoms with van der Waals surface area (Å²) >= 11 is 3.62. The molecule has 2 fully saturated rings. The van der Waals surface area contributed by atoms with Gasteiger partial charge >= 0.3 is 0 Å². The lowest BCUT2D eigenvalue weighted by Gasteiger charge is -2.27. The molecule has 2 atom stereocenters. The van der Waals surface area contributed by atoms with E-state index in [-0.39, 0.29) is 12.2 Å². The number of thioether (sulfide) groups is 1. The Morgan fingerprint density at radius 2 is 2.35 bits per heavy atom. The molecule has 1 amide bonds. The summed E-state index contributed by atoms with van der Waals surface area (Å²) in [5.74, 6) is 0.295. The Labute approximate surface area is 129 Å². The number of hydrogen-bond donors (Lipinski definition) is 1. The molecule has 20 heavy (non-hydrogen) atoms. The molecule has 0 bridgehead atoms. The predicted octanol–water partition coefficient (Wildman–Crippen LogP) is 3.24. The van der Waals surface area contributed by atoms with Gasteiger partial charge in [-0.05, 0) is 47.9 Å². The molecule has 1 aliphatic carbocycles. The number of carbonyl (C=O) groups is 1. The van der Waals surface area contributed by atoms with Gasteiger partial charge in [0.25, 0.3) is 0 Å². The van der Waals surface area contributed by atoms with Crippen LogP contribution in [0.5, 0.6) is 0 Å². The molecule has 1 saturated carbocycles. The molecule has 0 radical (unpaired) electrons. The van der Waals surface area contributed by atoms with Crippen molar-refractivity contribution in [2.45, 2.75) is 49.6 Å². The maximum Gasteiger partial charge on any atom is 0.241 e. The average Bonchev–Trinajstić information content (AvgIpc) is 2.89. The lowest BCUT2D eigenvalue weighted by molar-refractivity contribution is -0.130. The topological polar surface area (TPSA) is 32.3 Å². The molecule has 1 aromatic heterocycles. The zero-order chi connectivity index (χ0) is 14.2. The molecule has 110 valence electrons. The highest BCUT2D eigenvalue weighted by molar-refractivity contribution is 8.00. The van der Waals surface area contributed by atoms with Crippen molar-refractivity contribution in [1.29, 1.82) is 0 Å². The summed E-state index contributed by atoms with van der Waals surface area (Å²) in [6.07, 6.45) is 6.71. The first-order chi connectivity index (χ1) is 9.69. The van der Waals surface area contributed by atoms with Gasteiger partial charge < -0.3 is 4.90 Å². The summed E-state index contributed by atoms with van der Waals surface area (Å²) in [5.41, 5.74) is 1.24. The number of nitrogens with one attached hydrogen (secondary N) is 1. The van der Waals surface area contributed by atoms with Crippen molar-refractivity contribution in [3.8, 4) is 0 Å². The molecule has 0 aromatic carbocycles. The fourth-order valence-electron chi connectivity index (χ4n) is 2.93. The first kappa shape index (κ1) is 14.4. The average molecular weight is 310 g/mol. The number of rotatable bonds is 6. The van der Waals surface area contributed by atoms with Crippen molar-refractivity contribution in [2.75, 3.05) is 12.8 Å². The maximum absolute atomic E-state index is 12.7. The van der Waals surface area contributed by atoms with Crippen LogP contribution < -0.4 is 5.32 Å². The number of hydrogen-bond acceptors (Lipinski definition) is 4. The van der Waals surface area contributed by atoms with Gasteiger partial charge in [0.1, 0.15) is 6.17 Å². The van der Waals surface area contributed by atoms with Gasteiger partial charge in [-0.1, -0.05) is 13.3 Å². The van der Waals surface area contributed by atoms with Crippen LogP contribution in [0.15, 0.2) is 16.8 Å². The quantitative estimate of drug-likeness (QED) is 0.875. The van der Waals surface area contributed by atoms with Crippen LogP contribution in [0.2, 0.25) is 0 Å². The molecular weight excluding hydrogens is 288 g/mol. The molecule has 1 N–H and O–H groups in total. The minimum Gasteiger partial charge on any atom is -0.320 e. The SMILES string of the molecule is CCCC1NC(c2ccsc2)N(CC2(SC)CC2)C1=O. The highest BCUT2D eigenvalue weighted by atomic mass is 32.2. The van der Waals surface area contributed by atoms with Gasteiger partial charge in [-0.2, -0.15) is 23.1 Å². The smallest absolute Gasteiger partial charge is 0.241 e. The van der Waals surface area contributed by atoms with Crippen LogP contribution in [0.25, 0.3) is 0 Å². The second-order valence-corrected chi connectivity index (χ2v) is 7.87. The van der Waals surface area contributed by atoms with E-state index in [1.165, 1.54) is 18.4 Å². The van der Waals surface area contributed by atoms with Crippen molar-refractivity contribution >= 4 is 29.0 Å². The van der Waals surface area contributed by atoms with Gasteiger partial charge in [-0.25, -0.2) is 0 Å². The lowest BCUT2D eigenvalue weighted by Crippen LogP contribution is -2.37. The summed E-state index contributed by atoms with van der Waals surface area (Å²) in [5, 5.41) is 7.79. The normalized spacial score (nSPS) is 28.1. The van der Waals surface area contributed by atoms with Crippen LogP contribution in [-0.2, 0) is 4.79 Å². The molecule has 1 saturated heterocycles. The van der Waals surface area contributed by atoms with E-state index in [0.717, 1.165) is 19.4 Å². The highest BCUT2D eigenvalue weighted by Gasteiger charge is 2.49. The Bertz CT molecular complexity index is 470. The largest absolute Gasteiger partial charge is 0.320 e. The highest BCUT2D eigenvalue weighted by Crippen LogP contribution is 2.49. The molecule has 1 aromatic rings. The lowest BCUT2D eigenvalue weighted by atomic mass is 10.1. The van der Waals surface area contributed by atoms with Crippen LogP contribution >= 0.6 is 23.1 Å². The second kappa shape index (κ2) is 5.70.